The van der Waals surface area contributed by atoms with Crippen LogP contribution in [0.2, 0.25) is 0 Å². The molecule has 4 nitrogen and oxygen atoms in total. The lowest BCUT2D eigenvalue weighted by molar-refractivity contribution is -0.132. The average molecular weight is 273 g/mol. The predicted molar refractivity (Wildman–Crippen MR) is 75.0 cm³/mol. The molecule has 0 aliphatic rings. The fourth-order valence-electron chi connectivity index (χ4n) is 1.74. The van der Waals surface area contributed by atoms with Gasteiger partial charge in [-0.2, -0.15) is 0 Å². The first-order valence-corrected chi connectivity index (χ1v) is 5.90. The van der Waals surface area contributed by atoms with E-state index in [1.807, 2.05) is 13.8 Å². The van der Waals surface area contributed by atoms with Gasteiger partial charge in [0, 0.05) is 13.1 Å². The summed E-state index contributed by atoms with van der Waals surface area (Å²) in [7, 11) is 0. The molecule has 1 atom stereocenters. The first-order valence-electron chi connectivity index (χ1n) is 5.90. The SMILES string of the molecule is CCN(CC)C(=O)[C@@H](N)Cc1ccc(O)cc1.Cl. The van der Waals surface area contributed by atoms with Crippen molar-refractivity contribution in [2.75, 3.05) is 13.1 Å². The predicted octanol–water partition coefficient (Wildman–Crippen LogP) is 1.55. The summed E-state index contributed by atoms with van der Waals surface area (Å²) >= 11 is 0. The van der Waals surface area contributed by atoms with Gasteiger partial charge < -0.3 is 15.7 Å². The summed E-state index contributed by atoms with van der Waals surface area (Å²) in [4.78, 5) is 13.7. The smallest absolute Gasteiger partial charge is 0.239 e. The molecule has 0 radical (unpaired) electrons. The maximum Gasteiger partial charge on any atom is 0.239 e. The summed E-state index contributed by atoms with van der Waals surface area (Å²) in [6, 6.07) is 6.25. The molecule has 1 amide bonds. The number of likely N-dealkylation sites (N-methyl/N-ethyl adjacent to an activating group) is 1. The normalized spacial score (nSPS) is 11.5. The van der Waals surface area contributed by atoms with Gasteiger partial charge in [0.25, 0.3) is 0 Å². The Morgan fingerprint density at radius 2 is 1.78 bits per heavy atom. The third kappa shape index (κ3) is 4.55. The molecule has 1 aromatic carbocycles. The van der Waals surface area contributed by atoms with Crippen molar-refractivity contribution in [3.05, 3.63) is 29.8 Å². The maximum absolute atomic E-state index is 11.9. The topological polar surface area (TPSA) is 66.6 Å². The highest BCUT2D eigenvalue weighted by atomic mass is 35.5. The minimum Gasteiger partial charge on any atom is -0.508 e. The number of halogens is 1. The summed E-state index contributed by atoms with van der Waals surface area (Å²) in [6.07, 6.45) is 0.496. The number of rotatable bonds is 5. The zero-order chi connectivity index (χ0) is 12.8. The molecule has 0 aliphatic heterocycles. The van der Waals surface area contributed by atoms with Crippen LogP contribution in [0.25, 0.3) is 0 Å². The van der Waals surface area contributed by atoms with E-state index in [-0.39, 0.29) is 24.1 Å². The third-order valence-electron chi connectivity index (χ3n) is 2.78. The lowest BCUT2D eigenvalue weighted by Gasteiger charge is -2.22. The van der Waals surface area contributed by atoms with Gasteiger partial charge in [-0.05, 0) is 38.0 Å². The molecular formula is C13H21ClN2O2. The summed E-state index contributed by atoms with van der Waals surface area (Å²) < 4.78 is 0. The molecule has 0 aliphatic carbocycles. The van der Waals surface area contributed by atoms with Crippen molar-refractivity contribution in [1.82, 2.24) is 4.90 Å². The van der Waals surface area contributed by atoms with Crippen LogP contribution < -0.4 is 5.73 Å². The van der Waals surface area contributed by atoms with E-state index in [9.17, 15) is 4.79 Å². The average Bonchev–Trinajstić information content (AvgIpc) is 2.33. The van der Waals surface area contributed by atoms with E-state index in [4.69, 9.17) is 10.8 Å². The molecule has 0 saturated heterocycles. The van der Waals surface area contributed by atoms with Gasteiger partial charge in [0.05, 0.1) is 6.04 Å². The van der Waals surface area contributed by atoms with Crippen LogP contribution in [0.4, 0.5) is 0 Å². The van der Waals surface area contributed by atoms with Gasteiger partial charge in [-0.15, -0.1) is 12.4 Å². The monoisotopic (exact) mass is 272 g/mol. The van der Waals surface area contributed by atoms with E-state index in [1.54, 1.807) is 29.2 Å². The quantitative estimate of drug-likeness (QED) is 0.855. The second-order valence-electron chi connectivity index (χ2n) is 3.99. The van der Waals surface area contributed by atoms with E-state index >= 15 is 0 Å². The summed E-state index contributed by atoms with van der Waals surface area (Å²) in [5.74, 6) is 0.195. The zero-order valence-corrected chi connectivity index (χ0v) is 11.6. The second kappa shape index (κ2) is 7.95. The van der Waals surface area contributed by atoms with Crippen LogP contribution in [0.3, 0.4) is 0 Å². The highest BCUT2D eigenvalue weighted by molar-refractivity contribution is 5.85. The largest absolute Gasteiger partial charge is 0.508 e. The summed E-state index contributed by atoms with van der Waals surface area (Å²) in [6.45, 7) is 5.24. The first-order chi connectivity index (χ1) is 8.08. The molecule has 5 heteroatoms. The Kier molecular flexibility index (Phi) is 7.39. The number of phenols is 1. The van der Waals surface area contributed by atoms with Gasteiger partial charge in [-0.1, -0.05) is 12.1 Å². The van der Waals surface area contributed by atoms with E-state index in [0.717, 1.165) is 5.56 Å². The van der Waals surface area contributed by atoms with Crippen LogP contribution in [-0.4, -0.2) is 35.0 Å². The van der Waals surface area contributed by atoms with Crippen LogP contribution in [-0.2, 0) is 11.2 Å². The molecule has 0 spiro atoms. The maximum atomic E-state index is 11.9. The molecule has 102 valence electrons. The standard InChI is InChI=1S/C13H20N2O2.ClH/c1-3-15(4-2)13(17)12(14)9-10-5-7-11(16)8-6-10;/h5-8,12,16H,3-4,9,14H2,1-2H3;1H/t12-;/m0./s1. The number of hydrogen-bond acceptors (Lipinski definition) is 3. The van der Waals surface area contributed by atoms with Crippen molar-refractivity contribution < 1.29 is 9.90 Å². The summed E-state index contributed by atoms with van der Waals surface area (Å²) in [5, 5.41) is 9.16. The van der Waals surface area contributed by atoms with Gasteiger partial charge in [-0.3, -0.25) is 4.79 Å². The van der Waals surface area contributed by atoms with Gasteiger partial charge in [0.15, 0.2) is 0 Å². The Balaban J connectivity index is 0.00000289. The number of nitrogens with two attached hydrogens (primary N) is 1. The number of hydrogen-bond donors (Lipinski definition) is 2. The number of nitrogens with zero attached hydrogens (tertiary/aromatic N) is 1. The number of benzene rings is 1. The fraction of sp³-hybridized carbons (Fsp3) is 0.462. The van der Waals surface area contributed by atoms with Crippen molar-refractivity contribution >= 4 is 18.3 Å². The van der Waals surface area contributed by atoms with E-state index < -0.39 is 6.04 Å². The minimum atomic E-state index is -0.514. The summed E-state index contributed by atoms with van der Waals surface area (Å²) in [5.41, 5.74) is 6.84. The minimum absolute atomic E-state index is 0. The molecule has 0 aromatic heterocycles. The Labute approximate surface area is 114 Å². The van der Waals surface area contributed by atoms with Crippen LogP contribution >= 0.6 is 12.4 Å². The zero-order valence-electron chi connectivity index (χ0n) is 10.8. The molecule has 0 unspecified atom stereocenters. The number of phenolic OH excluding ortho intramolecular Hbond substituents is 1. The molecule has 0 heterocycles. The van der Waals surface area contributed by atoms with Crippen molar-refractivity contribution in [2.45, 2.75) is 26.3 Å². The highest BCUT2D eigenvalue weighted by Gasteiger charge is 2.18. The van der Waals surface area contributed by atoms with Crippen LogP contribution in [0.15, 0.2) is 24.3 Å². The van der Waals surface area contributed by atoms with E-state index in [1.165, 1.54) is 0 Å². The fourth-order valence-corrected chi connectivity index (χ4v) is 1.74. The molecule has 1 rings (SSSR count). The van der Waals surface area contributed by atoms with Crippen molar-refractivity contribution in [1.29, 1.82) is 0 Å². The molecule has 0 bridgehead atoms. The molecule has 1 aromatic rings. The second-order valence-corrected chi connectivity index (χ2v) is 3.99. The van der Waals surface area contributed by atoms with E-state index in [2.05, 4.69) is 0 Å². The molecule has 0 fully saturated rings. The van der Waals surface area contributed by atoms with Crippen molar-refractivity contribution in [2.24, 2.45) is 5.73 Å². The Hall–Kier alpha value is -1.26. The molecule has 18 heavy (non-hydrogen) atoms. The van der Waals surface area contributed by atoms with E-state index in [0.29, 0.717) is 19.5 Å². The van der Waals surface area contributed by atoms with Crippen LogP contribution in [0, 0.1) is 0 Å². The van der Waals surface area contributed by atoms with Crippen LogP contribution in [0.5, 0.6) is 5.75 Å². The number of carbonyl (C=O) groups excluding carboxylic acids is 1. The molecule has 0 saturated carbocycles. The lowest BCUT2D eigenvalue weighted by Crippen LogP contribution is -2.44. The van der Waals surface area contributed by atoms with Crippen molar-refractivity contribution in [3.63, 3.8) is 0 Å². The lowest BCUT2D eigenvalue weighted by atomic mass is 10.1. The Morgan fingerprint density at radius 1 is 1.28 bits per heavy atom. The van der Waals surface area contributed by atoms with Gasteiger partial charge in [-0.25, -0.2) is 0 Å². The number of aromatic hydroxyl groups is 1. The van der Waals surface area contributed by atoms with Gasteiger partial charge >= 0.3 is 0 Å². The first kappa shape index (κ1) is 16.7. The molecular weight excluding hydrogens is 252 g/mol. The Bertz CT molecular complexity index is 364. The van der Waals surface area contributed by atoms with Gasteiger partial charge in [0.2, 0.25) is 5.91 Å². The highest BCUT2D eigenvalue weighted by Crippen LogP contribution is 2.11. The van der Waals surface area contributed by atoms with Crippen LogP contribution in [0.1, 0.15) is 19.4 Å². The molecule has 3 N–H and O–H groups in total. The van der Waals surface area contributed by atoms with Crippen molar-refractivity contribution in [3.8, 4) is 5.75 Å². The number of amides is 1. The Morgan fingerprint density at radius 3 is 2.22 bits per heavy atom. The number of carbonyl (C=O) groups is 1. The third-order valence-corrected chi connectivity index (χ3v) is 2.78. The van der Waals surface area contributed by atoms with Gasteiger partial charge in [0.1, 0.15) is 5.75 Å².